The molecule has 4 nitrogen and oxygen atoms in total. The van der Waals surface area contributed by atoms with Crippen LogP contribution in [0.4, 0.5) is 0 Å². The summed E-state index contributed by atoms with van der Waals surface area (Å²) in [5.74, 6) is 3.25. The molecule has 1 spiro atoms. The zero-order valence-electron chi connectivity index (χ0n) is 36.0. The van der Waals surface area contributed by atoms with Crippen molar-refractivity contribution >= 4 is 14.4 Å². The SMILES string of the molecule is Cc1cc2c(c(C(C)(C)C)c1)[O][Al-]1([O]c3c(cc(C)cc3C(C)(C)C)C2C)[O]c2c(cc(C)cc2C(C)(C)C)C(C)c2cc(C)cc(C(C)(C)C)c2[O]1. The molecule has 2 heterocycles. The van der Waals surface area contributed by atoms with Gasteiger partial charge in [-0.25, -0.2) is 0 Å². The van der Waals surface area contributed by atoms with E-state index < -0.39 is 14.4 Å². The van der Waals surface area contributed by atoms with Crippen LogP contribution in [0.15, 0.2) is 48.5 Å². The molecule has 6 rings (SSSR count). The van der Waals surface area contributed by atoms with Crippen molar-refractivity contribution in [1.82, 2.24) is 0 Å². The third-order valence-corrected chi connectivity index (χ3v) is 13.3. The lowest BCUT2D eigenvalue weighted by Crippen LogP contribution is -2.62. The van der Waals surface area contributed by atoms with Crippen LogP contribution in [0.5, 0.6) is 23.0 Å². The van der Waals surface area contributed by atoms with Crippen molar-refractivity contribution in [3.8, 4) is 23.0 Å². The molecule has 2 aliphatic heterocycles. The fourth-order valence-electron chi connectivity index (χ4n) is 8.30. The second-order valence-corrected chi connectivity index (χ2v) is 22.5. The van der Waals surface area contributed by atoms with E-state index in [1.807, 2.05) is 0 Å². The predicted octanol–water partition coefficient (Wildman–Crippen LogP) is 13.1. The summed E-state index contributed by atoms with van der Waals surface area (Å²) in [6.45, 7) is 40.5. The lowest BCUT2D eigenvalue weighted by molar-refractivity contribution is 0.148. The van der Waals surface area contributed by atoms with Crippen molar-refractivity contribution in [1.29, 1.82) is 0 Å². The summed E-state index contributed by atoms with van der Waals surface area (Å²) < 4.78 is 30.7. The third-order valence-electron chi connectivity index (χ3n) is 11.2. The Balaban J connectivity index is 1.84. The van der Waals surface area contributed by atoms with Crippen molar-refractivity contribution < 1.29 is 15.2 Å². The molecule has 5 heteroatoms. The van der Waals surface area contributed by atoms with Gasteiger partial charge in [0.15, 0.2) is 0 Å². The van der Waals surface area contributed by atoms with E-state index in [1.54, 1.807) is 0 Å². The van der Waals surface area contributed by atoms with Gasteiger partial charge in [0, 0.05) is 11.8 Å². The Bertz CT molecular complexity index is 1790. The summed E-state index contributed by atoms with van der Waals surface area (Å²) in [7, 11) is 0. The molecule has 284 valence electrons. The molecule has 0 unspecified atom stereocenters. The number of fused-ring (bicyclic) bond motifs is 4. The fourth-order valence-corrected chi connectivity index (χ4v) is 10.8. The van der Waals surface area contributed by atoms with Gasteiger partial charge in [0.25, 0.3) is 0 Å². The summed E-state index contributed by atoms with van der Waals surface area (Å²) in [6.07, 6.45) is 0. The first kappa shape index (κ1) is 39.3. The molecule has 0 aromatic heterocycles. The Morgan fingerprint density at radius 1 is 0.358 bits per heavy atom. The Labute approximate surface area is 324 Å². The first-order valence-electron chi connectivity index (χ1n) is 19.7. The Hall–Kier alpha value is -3.39. The quantitative estimate of drug-likeness (QED) is 0.169. The molecule has 0 radical (unpaired) electrons. The zero-order chi connectivity index (χ0) is 39.4. The average molecular weight is 732 g/mol. The molecule has 0 N–H and O–H groups in total. The van der Waals surface area contributed by atoms with Crippen LogP contribution in [0.25, 0.3) is 0 Å². The molecule has 53 heavy (non-hydrogen) atoms. The van der Waals surface area contributed by atoms with E-state index in [9.17, 15) is 0 Å². The number of rotatable bonds is 0. The van der Waals surface area contributed by atoms with E-state index in [4.69, 9.17) is 15.2 Å². The van der Waals surface area contributed by atoms with Crippen LogP contribution >= 0.6 is 0 Å². The van der Waals surface area contributed by atoms with Gasteiger partial charge in [0.05, 0.1) is 23.0 Å². The monoisotopic (exact) mass is 731 g/mol. The minimum Gasteiger partial charge on any atom is -0.696 e. The van der Waals surface area contributed by atoms with Gasteiger partial charge < -0.3 is 15.2 Å². The molecule has 0 fully saturated rings. The van der Waals surface area contributed by atoms with Gasteiger partial charge in [0.2, 0.25) is 0 Å². The molecular formula is C48H64AlO4-. The molecule has 0 saturated heterocycles. The minimum atomic E-state index is -4.76. The topological polar surface area (TPSA) is 36.9 Å². The van der Waals surface area contributed by atoms with Gasteiger partial charge in [0.1, 0.15) is 0 Å². The number of benzene rings is 4. The molecule has 0 bridgehead atoms. The summed E-state index contributed by atoms with van der Waals surface area (Å²) >= 11 is -4.76. The maximum Gasteiger partial charge on any atom is 1.21 e. The molecule has 0 atom stereocenters. The molecule has 0 aliphatic carbocycles. The molecular weight excluding hydrogens is 668 g/mol. The van der Waals surface area contributed by atoms with Crippen LogP contribution in [0.3, 0.4) is 0 Å². The van der Waals surface area contributed by atoms with Crippen LogP contribution < -0.4 is 15.2 Å². The second kappa shape index (κ2) is 12.8. The summed E-state index contributed by atoms with van der Waals surface area (Å²) in [5.41, 5.74) is 12.9. The van der Waals surface area contributed by atoms with Crippen LogP contribution in [0.1, 0.15) is 176 Å². The van der Waals surface area contributed by atoms with Crippen molar-refractivity contribution in [2.24, 2.45) is 0 Å². The number of hydrogen-bond acceptors (Lipinski definition) is 4. The fraction of sp³-hybridized carbons (Fsp3) is 0.500. The van der Waals surface area contributed by atoms with E-state index in [0.29, 0.717) is 0 Å². The lowest BCUT2D eigenvalue weighted by atomic mass is 9.78. The van der Waals surface area contributed by atoms with E-state index in [2.05, 4.69) is 173 Å². The van der Waals surface area contributed by atoms with E-state index in [1.165, 1.54) is 22.3 Å². The standard InChI is InChI=1S/2C24H34O2.Al/c2*1-14-10-17(21(25)19(12-14)23(4,5)6)16(3)18-11-15(2)13-20(22(18)26)24(7,8)9;/h2*10-13,16,25-26H,1-9H3;/q;;+3/p-4. The van der Waals surface area contributed by atoms with Crippen LogP contribution in [0, 0.1) is 27.7 Å². The van der Waals surface area contributed by atoms with Crippen molar-refractivity contribution in [2.45, 2.75) is 158 Å². The Morgan fingerprint density at radius 3 is 0.717 bits per heavy atom. The first-order valence-corrected chi connectivity index (χ1v) is 21.6. The van der Waals surface area contributed by atoms with Crippen LogP contribution in [0.2, 0.25) is 0 Å². The molecule has 0 saturated carbocycles. The van der Waals surface area contributed by atoms with Crippen LogP contribution in [-0.4, -0.2) is 14.4 Å². The zero-order valence-corrected chi connectivity index (χ0v) is 37.1. The van der Waals surface area contributed by atoms with E-state index >= 15 is 0 Å². The van der Waals surface area contributed by atoms with Crippen LogP contribution in [-0.2, 0) is 21.7 Å². The number of aryl methyl sites for hydroxylation is 4. The highest BCUT2D eigenvalue weighted by Crippen LogP contribution is 2.53. The Morgan fingerprint density at radius 2 is 0.547 bits per heavy atom. The average Bonchev–Trinajstić information content (AvgIpc) is 3.00. The summed E-state index contributed by atoms with van der Waals surface area (Å²) in [6, 6.07) is 18.3. The minimum absolute atomic E-state index is 0.00753. The van der Waals surface area contributed by atoms with Gasteiger partial charge >= 0.3 is 14.4 Å². The predicted molar refractivity (Wildman–Crippen MR) is 223 cm³/mol. The van der Waals surface area contributed by atoms with E-state index in [-0.39, 0.29) is 33.5 Å². The highest BCUT2D eigenvalue weighted by molar-refractivity contribution is 6.57. The Kier molecular flexibility index (Phi) is 9.53. The molecule has 0 amide bonds. The second-order valence-electron chi connectivity index (χ2n) is 20.4. The highest BCUT2D eigenvalue weighted by Gasteiger charge is 2.67. The van der Waals surface area contributed by atoms with Gasteiger partial charge in [-0.15, -0.1) is 0 Å². The molecule has 4 aromatic rings. The molecule has 2 aliphatic rings. The van der Waals surface area contributed by atoms with Crippen molar-refractivity contribution in [2.75, 3.05) is 0 Å². The summed E-state index contributed by atoms with van der Waals surface area (Å²) in [4.78, 5) is 0. The molecule has 4 aromatic carbocycles. The van der Waals surface area contributed by atoms with Gasteiger partial charge in [-0.1, -0.05) is 168 Å². The largest absolute Gasteiger partial charge is 1.21 e. The summed E-state index contributed by atoms with van der Waals surface area (Å²) in [5, 5.41) is 0. The van der Waals surface area contributed by atoms with Gasteiger partial charge in [-0.05, 0) is 93.9 Å². The van der Waals surface area contributed by atoms with Gasteiger partial charge in [-0.3, -0.25) is 0 Å². The first-order chi connectivity index (χ1) is 24.2. The van der Waals surface area contributed by atoms with Crippen molar-refractivity contribution in [3.05, 3.63) is 115 Å². The third kappa shape index (κ3) is 7.26. The smallest absolute Gasteiger partial charge is 0.696 e. The maximum absolute atomic E-state index is 7.68. The normalized spacial score (nSPS) is 20.2. The van der Waals surface area contributed by atoms with E-state index in [0.717, 1.165) is 67.5 Å². The van der Waals surface area contributed by atoms with Gasteiger partial charge in [-0.2, -0.15) is 0 Å². The lowest BCUT2D eigenvalue weighted by Gasteiger charge is -2.48. The highest BCUT2D eigenvalue weighted by atomic mass is 27.3. The van der Waals surface area contributed by atoms with Crippen molar-refractivity contribution in [3.63, 3.8) is 0 Å². The number of hydrogen-bond donors (Lipinski definition) is 0. The maximum atomic E-state index is 7.68.